The molecule has 1 fully saturated rings. The minimum Gasteiger partial charge on any atom is -0.478 e. The van der Waals surface area contributed by atoms with Crippen molar-refractivity contribution in [3.05, 3.63) is 65.4 Å². The van der Waals surface area contributed by atoms with Crippen molar-refractivity contribution in [1.29, 1.82) is 0 Å². The number of hydrogen-bond acceptors (Lipinski definition) is 6. The van der Waals surface area contributed by atoms with Crippen LogP contribution < -0.4 is 9.96 Å². The average Bonchev–Trinajstić information content (AvgIpc) is 2.78. The molecule has 8 heteroatoms. The van der Waals surface area contributed by atoms with Crippen LogP contribution in [0.3, 0.4) is 0 Å². The first-order chi connectivity index (χ1) is 14.5. The highest BCUT2D eigenvalue weighted by molar-refractivity contribution is 6.10. The molecule has 8 nitrogen and oxygen atoms in total. The maximum absolute atomic E-state index is 13.2. The molecular formula is C22H21N3O5. The molecule has 1 aromatic heterocycles. The second-order valence-corrected chi connectivity index (χ2v) is 7.08. The number of aromatic nitrogens is 1. The number of rotatable bonds is 4. The van der Waals surface area contributed by atoms with Gasteiger partial charge in [-0.3, -0.25) is 15.0 Å². The first-order valence-electron chi connectivity index (χ1n) is 9.54. The van der Waals surface area contributed by atoms with Gasteiger partial charge in [0.15, 0.2) is 0 Å². The topological polar surface area (TPSA) is 103 Å². The van der Waals surface area contributed by atoms with Crippen LogP contribution >= 0.6 is 0 Å². The summed E-state index contributed by atoms with van der Waals surface area (Å²) in [4.78, 5) is 30.9. The van der Waals surface area contributed by atoms with Crippen LogP contribution in [0.25, 0.3) is 10.9 Å². The Morgan fingerprint density at radius 1 is 1.10 bits per heavy atom. The molecule has 1 saturated heterocycles. The lowest BCUT2D eigenvalue weighted by molar-refractivity contribution is 0.0696. The van der Waals surface area contributed by atoms with Crippen LogP contribution in [0, 0.1) is 6.92 Å². The fourth-order valence-electron chi connectivity index (χ4n) is 3.56. The third-order valence-corrected chi connectivity index (χ3v) is 5.21. The molecule has 3 aromatic rings. The van der Waals surface area contributed by atoms with E-state index in [-0.39, 0.29) is 16.8 Å². The second kappa shape index (κ2) is 8.10. The van der Waals surface area contributed by atoms with E-state index in [1.807, 2.05) is 17.9 Å². The number of carbonyl (C=O) groups excluding carboxylic acids is 1. The molecule has 0 saturated carbocycles. The number of aryl methyl sites for hydroxylation is 1. The molecule has 1 aliphatic rings. The Morgan fingerprint density at radius 3 is 2.60 bits per heavy atom. The third kappa shape index (κ3) is 3.70. The Labute approximate surface area is 172 Å². The number of pyridine rings is 1. The lowest BCUT2D eigenvalue weighted by atomic mass is 10.1. The molecule has 2 heterocycles. The van der Waals surface area contributed by atoms with Gasteiger partial charge in [0.05, 0.1) is 35.5 Å². The predicted molar refractivity (Wildman–Crippen MR) is 112 cm³/mol. The summed E-state index contributed by atoms with van der Waals surface area (Å²) in [6.07, 6.45) is 1.70. The van der Waals surface area contributed by atoms with Crippen molar-refractivity contribution in [3.8, 4) is 0 Å². The van der Waals surface area contributed by atoms with Crippen LogP contribution in [0.1, 0.15) is 26.3 Å². The molecule has 0 radical (unpaired) electrons. The number of carbonyl (C=O) groups is 2. The molecule has 2 aromatic carbocycles. The first kappa shape index (κ1) is 19.8. The minimum absolute atomic E-state index is 0.0256. The van der Waals surface area contributed by atoms with E-state index in [1.165, 1.54) is 12.1 Å². The summed E-state index contributed by atoms with van der Waals surface area (Å²) in [5.41, 5.74) is 2.64. The van der Waals surface area contributed by atoms with Gasteiger partial charge in [-0.1, -0.05) is 0 Å². The summed E-state index contributed by atoms with van der Waals surface area (Å²) < 4.78 is 5.37. The van der Waals surface area contributed by atoms with Gasteiger partial charge in [0.25, 0.3) is 5.91 Å². The number of ether oxygens (including phenoxy) is 1. The zero-order valence-electron chi connectivity index (χ0n) is 16.4. The number of anilines is 2. The fraction of sp³-hybridized carbons (Fsp3) is 0.227. The molecule has 0 bridgehead atoms. The van der Waals surface area contributed by atoms with Gasteiger partial charge < -0.3 is 14.7 Å². The smallest absolute Gasteiger partial charge is 0.335 e. The summed E-state index contributed by atoms with van der Waals surface area (Å²) in [5, 5.41) is 21.5. The van der Waals surface area contributed by atoms with E-state index in [2.05, 4.69) is 4.98 Å². The Morgan fingerprint density at radius 2 is 1.87 bits per heavy atom. The number of nitrogens with zero attached hydrogens (tertiary/aromatic N) is 3. The highest BCUT2D eigenvalue weighted by atomic mass is 16.5. The largest absolute Gasteiger partial charge is 0.478 e. The highest BCUT2D eigenvalue weighted by Gasteiger charge is 2.25. The summed E-state index contributed by atoms with van der Waals surface area (Å²) in [6.45, 7) is 4.07. The van der Waals surface area contributed by atoms with E-state index in [4.69, 9.17) is 4.74 Å². The maximum atomic E-state index is 13.2. The van der Waals surface area contributed by atoms with Crippen molar-refractivity contribution in [2.45, 2.75) is 6.92 Å². The van der Waals surface area contributed by atoms with Crippen LogP contribution in [0.15, 0.2) is 48.7 Å². The van der Waals surface area contributed by atoms with Crippen LogP contribution in [0.5, 0.6) is 0 Å². The molecule has 0 spiro atoms. The fourth-order valence-corrected chi connectivity index (χ4v) is 3.56. The quantitative estimate of drug-likeness (QED) is 0.506. The number of carboxylic acid groups (broad SMARTS) is 1. The number of fused-ring (bicyclic) bond motifs is 1. The van der Waals surface area contributed by atoms with E-state index < -0.39 is 11.9 Å². The van der Waals surface area contributed by atoms with Crippen molar-refractivity contribution in [2.75, 3.05) is 36.3 Å². The zero-order chi connectivity index (χ0) is 21.3. The molecule has 0 aliphatic carbocycles. The maximum Gasteiger partial charge on any atom is 0.335 e. The van der Waals surface area contributed by atoms with Crippen molar-refractivity contribution < 1.29 is 24.6 Å². The van der Waals surface area contributed by atoms with Crippen LogP contribution in [-0.4, -0.2) is 53.5 Å². The predicted octanol–water partition coefficient (Wildman–Crippen LogP) is 3.11. The standard InChI is InChI=1S/C22H21N3O5/c1-14-6-7-23-19-4-3-16(13-17(14)19)25(29)21(26)18-12-15(22(27)28)2-5-20(18)24-8-10-30-11-9-24/h2-7,12-13,29H,8-11H2,1H3,(H,27,28). The van der Waals surface area contributed by atoms with Gasteiger partial charge in [-0.25, -0.2) is 4.79 Å². The third-order valence-electron chi connectivity index (χ3n) is 5.21. The van der Waals surface area contributed by atoms with E-state index >= 15 is 0 Å². The van der Waals surface area contributed by atoms with E-state index in [0.717, 1.165) is 16.5 Å². The lowest BCUT2D eigenvalue weighted by Gasteiger charge is -2.31. The van der Waals surface area contributed by atoms with Crippen molar-refractivity contribution in [3.63, 3.8) is 0 Å². The molecule has 154 valence electrons. The minimum atomic E-state index is -1.14. The molecule has 2 N–H and O–H groups in total. The number of morpholine rings is 1. The summed E-state index contributed by atoms with van der Waals surface area (Å²) in [6, 6.07) is 11.2. The number of hydrogen-bond donors (Lipinski definition) is 2. The Kier molecular flexibility index (Phi) is 5.35. The number of hydroxylamine groups is 1. The molecule has 0 unspecified atom stereocenters. The van der Waals surface area contributed by atoms with Crippen LogP contribution in [0.2, 0.25) is 0 Å². The average molecular weight is 407 g/mol. The number of amides is 1. The molecule has 1 amide bonds. The van der Waals surface area contributed by atoms with E-state index in [1.54, 1.807) is 30.5 Å². The Balaban J connectivity index is 1.74. The zero-order valence-corrected chi connectivity index (χ0v) is 16.4. The van der Waals surface area contributed by atoms with Crippen LogP contribution in [-0.2, 0) is 4.74 Å². The van der Waals surface area contributed by atoms with Crippen molar-refractivity contribution in [2.24, 2.45) is 0 Å². The van der Waals surface area contributed by atoms with Crippen LogP contribution in [0.4, 0.5) is 11.4 Å². The Hall–Kier alpha value is -3.49. The van der Waals surface area contributed by atoms with Gasteiger partial charge in [0.1, 0.15) is 0 Å². The summed E-state index contributed by atoms with van der Waals surface area (Å²) >= 11 is 0. The number of benzene rings is 2. The van der Waals surface area contributed by atoms with Gasteiger partial charge >= 0.3 is 5.97 Å². The normalized spacial score (nSPS) is 14.0. The SMILES string of the molecule is Cc1ccnc2ccc(N(O)C(=O)c3cc(C(=O)O)ccc3N3CCOCC3)cc12. The van der Waals surface area contributed by atoms with E-state index in [0.29, 0.717) is 37.1 Å². The second-order valence-electron chi connectivity index (χ2n) is 7.08. The molecule has 30 heavy (non-hydrogen) atoms. The van der Waals surface area contributed by atoms with Gasteiger partial charge in [0.2, 0.25) is 0 Å². The Bertz CT molecular complexity index is 1120. The van der Waals surface area contributed by atoms with E-state index in [9.17, 15) is 19.9 Å². The van der Waals surface area contributed by atoms with Gasteiger partial charge in [-0.2, -0.15) is 5.06 Å². The lowest BCUT2D eigenvalue weighted by Crippen LogP contribution is -2.38. The monoisotopic (exact) mass is 407 g/mol. The molecular weight excluding hydrogens is 386 g/mol. The highest BCUT2D eigenvalue weighted by Crippen LogP contribution is 2.28. The van der Waals surface area contributed by atoms with Crippen molar-refractivity contribution >= 4 is 34.2 Å². The van der Waals surface area contributed by atoms with Gasteiger partial charge in [-0.05, 0) is 55.0 Å². The summed E-state index contributed by atoms with van der Waals surface area (Å²) in [7, 11) is 0. The number of carboxylic acids is 1. The molecule has 1 aliphatic heterocycles. The summed E-state index contributed by atoms with van der Waals surface area (Å²) in [5.74, 6) is -1.85. The molecule has 0 atom stereocenters. The number of aromatic carboxylic acids is 1. The van der Waals surface area contributed by atoms with Gasteiger partial charge in [-0.15, -0.1) is 0 Å². The molecule has 4 rings (SSSR count). The van der Waals surface area contributed by atoms with Crippen molar-refractivity contribution in [1.82, 2.24) is 4.98 Å². The van der Waals surface area contributed by atoms with Gasteiger partial charge in [0, 0.05) is 30.4 Å². The first-order valence-corrected chi connectivity index (χ1v) is 9.54.